The molecule has 0 spiro atoms. The Bertz CT molecular complexity index is 630. The molecule has 0 fully saturated rings. The highest BCUT2D eigenvalue weighted by atomic mass is 79.9. The number of hydrogen-bond acceptors (Lipinski definition) is 4. The molecule has 2 heterocycles. The number of aliphatic imine (C=N–C) groups is 2. The Hall–Kier alpha value is -1.43. The fourth-order valence-corrected chi connectivity index (χ4v) is 3.45. The van der Waals surface area contributed by atoms with E-state index in [4.69, 9.17) is 9.73 Å². The van der Waals surface area contributed by atoms with Gasteiger partial charge in [-0.1, -0.05) is 18.9 Å². The van der Waals surface area contributed by atoms with Crippen LogP contribution >= 0.6 is 15.9 Å². The van der Waals surface area contributed by atoms with Gasteiger partial charge in [0.2, 0.25) is 0 Å². The van der Waals surface area contributed by atoms with E-state index in [0.717, 1.165) is 67.4 Å². The third-order valence-electron chi connectivity index (χ3n) is 4.43. The zero-order chi connectivity index (χ0) is 19.7. The normalized spacial score (nSPS) is 19.9. The van der Waals surface area contributed by atoms with E-state index in [9.17, 15) is 4.79 Å². The van der Waals surface area contributed by atoms with Crippen molar-refractivity contribution in [1.29, 1.82) is 0 Å². The molecular formula is C21H32BrN3O2. The maximum atomic E-state index is 11.6. The molecule has 1 atom stereocenters. The number of unbranched alkanes of at least 4 members (excludes halogenated alkanes) is 3. The van der Waals surface area contributed by atoms with E-state index in [2.05, 4.69) is 38.4 Å². The van der Waals surface area contributed by atoms with Crippen LogP contribution < -0.4 is 5.32 Å². The third-order valence-corrected chi connectivity index (χ3v) is 5.09. The van der Waals surface area contributed by atoms with Crippen LogP contribution in [0, 0.1) is 5.92 Å². The largest absolute Gasteiger partial charge is 0.444 e. The van der Waals surface area contributed by atoms with Gasteiger partial charge < -0.3 is 10.1 Å². The van der Waals surface area contributed by atoms with Crippen LogP contribution in [0.3, 0.4) is 0 Å². The van der Waals surface area contributed by atoms with E-state index in [1.165, 1.54) is 0 Å². The molecule has 5 nitrogen and oxygen atoms in total. The minimum Gasteiger partial charge on any atom is -0.444 e. The lowest BCUT2D eigenvalue weighted by molar-refractivity contribution is 0.0527. The summed E-state index contributed by atoms with van der Waals surface area (Å²) in [6, 6.07) is 0. The van der Waals surface area contributed by atoms with Crippen molar-refractivity contribution in [3.05, 3.63) is 22.3 Å². The first-order valence-electron chi connectivity index (χ1n) is 9.94. The van der Waals surface area contributed by atoms with Gasteiger partial charge in [0.1, 0.15) is 5.60 Å². The first-order chi connectivity index (χ1) is 12.8. The quantitative estimate of drug-likeness (QED) is 0.529. The number of carbonyl (C=O) groups excluding carboxylic acids is 1. The predicted octanol–water partition coefficient (Wildman–Crippen LogP) is 5.56. The molecule has 2 aliphatic rings. The zero-order valence-corrected chi connectivity index (χ0v) is 18.3. The molecule has 27 heavy (non-hydrogen) atoms. The second-order valence-electron chi connectivity index (χ2n) is 8.14. The summed E-state index contributed by atoms with van der Waals surface area (Å²) in [5.74, 6) is 0.533. The maximum absolute atomic E-state index is 11.6. The summed E-state index contributed by atoms with van der Waals surface area (Å²) >= 11 is 3.61. The standard InChI is InChI=1S/C21H32BrN3O2/c1-21(2,3)27-20(26)24-12-7-5-4-6-8-17-10-9-16-11-13-23-15-18(22)19(14-16)25-17/h9-10,15-16H,4-8,11-14H2,1-3H3,(H,24,26). The summed E-state index contributed by atoms with van der Waals surface area (Å²) in [6.07, 6.45) is 13.4. The first-order valence-corrected chi connectivity index (χ1v) is 10.7. The molecule has 2 bridgehead atoms. The van der Waals surface area contributed by atoms with Crippen LogP contribution in [0.25, 0.3) is 0 Å². The number of alkyl carbamates (subject to hydrolysis) is 1. The average Bonchev–Trinajstić information content (AvgIpc) is 2.78. The van der Waals surface area contributed by atoms with Crippen LogP contribution in [-0.2, 0) is 4.74 Å². The molecule has 1 N–H and O–H groups in total. The zero-order valence-electron chi connectivity index (χ0n) is 16.8. The summed E-state index contributed by atoms with van der Waals surface area (Å²) in [4.78, 5) is 20.9. The van der Waals surface area contributed by atoms with Crippen LogP contribution in [0.2, 0.25) is 0 Å². The van der Waals surface area contributed by atoms with E-state index in [1.54, 1.807) is 0 Å². The molecular weight excluding hydrogens is 406 g/mol. The molecule has 0 saturated heterocycles. The fraction of sp³-hybridized carbons (Fsp3) is 0.667. The van der Waals surface area contributed by atoms with Gasteiger partial charge in [-0.3, -0.25) is 9.98 Å². The Morgan fingerprint density at radius 3 is 2.85 bits per heavy atom. The molecule has 0 aliphatic carbocycles. The van der Waals surface area contributed by atoms with Gasteiger partial charge in [0, 0.05) is 25.0 Å². The monoisotopic (exact) mass is 437 g/mol. The highest BCUT2D eigenvalue weighted by molar-refractivity contribution is 9.12. The number of nitrogens with one attached hydrogen (secondary N) is 1. The number of fused-ring (bicyclic) bond motifs is 2. The van der Waals surface area contributed by atoms with Crippen LogP contribution in [0.4, 0.5) is 4.79 Å². The summed E-state index contributed by atoms with van der Waals surface area (Å²) in [7, 11) is 0. The summed E-state index contributed by atoms with van der Waals surface area (Å²) in [5, 5.41) is 2.81. The van der Waals surface area contributed by atoms with Crippen molar-refractivity contribution in [3.8, 4) is 0 Å². The maximum Gasteiger partial charge on any atom is 0.407 e. The van der Waals surface area contributed by atoms with Crippen molar-refractivity contribution in [1.82, 2.24) is 5.32 Å². The molecule has 0 radical (unpaired) electrons. The Balaban J connectivity index is 1.67. The lowest BCUT2D eigenvalue weighted by Crippen LogP contribution is -2.32. The second-order valence-corrected chi connectivity index (χ2v) is 8.99. The topological polar surface area (TPSA) is 63.0 Å². The van der Waals surface area contributed by atoms with Crippen molar-refractivity contribution in [2.75, 3.05) is 13.1 Å². The van der Waals surface area contributed by atoms with Gasteiger partial charge in [-0.05, 0) is 80.8 Å². The smallest absolute Gasteiger partial charge is 0.407 e. The first kappa shape index (κ1) is 21.9. The molecule has 0 aromatic carbocycles. The van der Waals surface area contributed by atoms with E-state index in [1.807, 2.05) is 27.0 Å². The molecule has 1 amide bonds. The van der Waals surface area contributed by atoms with Crippen molar-refractivity contribution in [3.63, 3.8) is 0 Å². The number of carbonyl (C=O) groups is 1. The summed E-state index contributed by atoms with van der Waals surface area (Å²) in [6.45, 7) is 7.16. The van der Waals surface area contributed by atoms with E-state index in [0.29, 0.717) is 12.5 Å². The van der Waals surface area contributed by atoms with Crippen molar-refractivity contribution < 1.29 is 9.53 Å². The van der Waals surface area contributed by atoms with Gasteiger partial charge in [0.05, 0.1) is 10.2 Å². The van der Waals surface area contributed by atoms with E-state index < -0.39 is 5.60 Å². The van der Waals surface area contributed by atoms with Gasteiger partial charge >= 0.3 is 6.09 Å². The summed E-state index contributed by atoms with van der Waals surface area (Å²) in [5.41, 5.74) is 1.83. The second kappa shape index (κ2) is 10.8. The highest BCUT2D eigenvalue weighted by Gasteiger charge is 2.17. The van der Waals surface area contributed by atoms with Crippen molar-refractivity contribution in [2.24, 2.45) is 15.9 Å². The number of rotatable bonds is 7. The number of hydrogen-bond donors (Lipinski definition) is 1. The number of nitrogens with zero attached hydrogens (tertiary/aromatic N) is 2. The molecule has 2 rings (SSSR count). The average molecular weight is 438 g/mol. The van der Waals surface area contributed by atoms with Crippen LogP contribution in [0.5, 0.6) is 0 Å². The number of halogens is 1. The molecule has 6 heteroatoms. The Labute approximate surface area is 171 Å². The SMILES string of the molecule is CC(C)(C)OC(=O)NCCCCCCC1=NC2=C(Br)C=NCCC(C=C1)C2. The Morgan fingerprint density at radius 2 is 2.07 bits per heavy atom. The van der Waals surface area contributed by atoms with Gasteiger partial charge in [-0.25, -0.2) is 4.79 Å². The lowest BCUT2D eigenvalue weighted by Gasteiger charge is -2.19. The van der Waals surface area contributed by atoms with Gasteiger partial charge in [-0.2, -0.15) is 0 Å². The van der Waals surface area contributed by atoms with Gasteiger partial charge in [-0.15, -0.1) is 0 Å². The van der Waals surface area contributed by atoms with E-state index >= 15 is 0 Å². The lowest BCUT2D eigenvalue weighted by atomic mass is 9.98. The Morgan fingerprint density at radius 1 is 1.30 bits per heavy atom. The van der Waals surface area contributed by atoms with Crippen molar-refractivity contribution in [2.45, 2.75) is 71.3 Å². The number of ether oxygens (including phenoxy) is 1. The van der Waals surface area contributed by atoms with Crippen LogP contribution in [0.15, 0.2) is 32.3 Å². The molecule has 0 aromatic heterocycles. The van der Waals surface area contributed by atoms with Gasteiger partial charge in [0.15, 0.2) is 0 Å². The minimum atomic E-state index is -0.441. The van der Waals surface area contributed by atoms with Crippen LogP contribution in [0.1, 0.15) is 65.7 Å². The summed E-state index contributed by atoms with van der Waals surface area (Å²) < 4.78 is 6.24. The molecule has 0 aromatic rings. The number of amides is 1. The van der Waals surface area contributed by atoms with Gasteiger partial charge in [0.25, 0.3) is 0 Å². The number of allylic oxidation sites excluding steroid dienone is 4. The Kier molecular flexibility index (Phi) is 8.74. The van der Waals surface area contributed by atoms with Crippen molar-refractivity contribution >= 4 is 33.9 Å². The predicted molar refractivity (Wildman–Crippen MR) is 116 cm³/mol. The van der Waals surface area contributed by atoms with E-state index in [-0.39, 0.29) is 6.09 Å². The minimum absolute atomic E-state index is 0.333. The molecule has 1 unspecified atom stereocenters. The van der Waals surface area contributed by atoms with Crippen LogP contribution in [-0.4, -0.2) is 36.7 Å². The molecule has 150 valence electrons. The third kappa shape index (κ3) is 8.87. The highest BCUT2D eigenvalue weighted by Crippen LogP contribution is 2.28. The molecule has 0 saturated carbocycles. The molecule has 2 aliphatic heterocycles. The fourth-order valence-electron chi connectivity index (χ4n) is 3.06.